The standard InChI is InChI=1S/C12H13F3N4OS/c1-19-10(20)17-18-11(19)21-6-9(16)7-4-2-3-5-8(7)12(13,14)15/h2-5,9H,6,16H2,1H3,(H,17,20). The number of benzene rings is 1. The SMILES string of the molecule is Cn1c(SCC(N)c2ccccc2C(F)(F)F)n[nH]c1=O. The van der Waals surface area contributed by atoms with Crippen molar-refractivity contribution in [3.05, 3.63) is 45.9 Å². The molecule has 2 rings (SSSR count). The number of H-pyrrole nitrogens is 1. The van der Waals surface area contributed by atoms with Gasteiger partial charge >= 0.3 is 11.9 Å². The van der Waals surface area contributed by atoms with Crippen LogP contribution in [-0.4, -0.2) is 20.5 Å². The molecule has 0 aliphatic carbocycles. The Kier molecular flexibility index (Phi) is 4.43. The van der Waals surface area contributed by atoms with E-state index in [1.54, 1.807) is 0 Å². The van der Waals surface area contributed by atoms with Crippen molar-refractivity contribution < 1.29 is 13.2 Å². The summed E-state index contributed by atoms with van der Waals surface area (Å²) in [5.74, 6) is 0.172. The highest BCUT2D eigenvalue weighted by atomic mass is 32.2. The molecule has 9 heteroatoms. The highest BCUT2D eigenvalue weighted by Gasteiger charge is 2.34. The molecule has 1 aromatic heterocycles. The molecule has 0 bridgehead atoms. The first-order valence-corrected chi connectivity index (χ1v) is 6.95. The average Bonchev–Trinajstić information content (AvgIpc) is 2.75. The van der Waals surface area contributed by atoms with Crippen LogP contribution >= 0.6 is 11.8 Å². The average molecular weight is 318 g/mol. The molecule has 1 heterocycles. The minimum absolute atomic E-state index is 0.0260. The highest BCUT2D eigenvalue weighted by molar-refractivity contribution is 7.99. The molecule has 0 amide bonds. The van der Waals surface area contributed by atoms with E-state index in [4.69, 9.17) is 5.73 Å². The molecular formula is C12H13F3N4OS. The minimum Gasteiger partial charge on any atom is -0.323 e. The molecule has 21 heavy (non-hydrogen) atoms. The van der Waals surface area contributed by atoms with E-state index in [0.29, 0.717) is 5.16 Å². The summed E-state index contributed by atoms with van der Waals surface area (Å²) in [6, 6.07) is 4.38. The Hall–Kier alpha value is -1.74. The Morgan fingerprint density at radius 3 is 2.67 bits per heavy atom. The van der Waals surface area contributed by atoms with Gasteiger partial charge in [-0.2, -0.15) is 13.2 Å². The quantitative estimate of drug-likeness (QED) is 0.845. The number of aromatic amines is 1. The number of nitrogens with one attached hydrogen (secondary N) is 1. The first-order chi connectivity index (χ1) is 9.80. The summed E-state index contributed by atoms with van der Waals surface area (Å²) < 4.78 is 40.0. The molecule has 1 atom stereocenters. The molecular weight excluding hydrogens is 305 g/mol. The summed E-state index contributed by atoms with van der Waals surface area (Å²) in [4.78, 5) is 11.2. The van der Waals surface area contributed by atoms with E-state index >= 15 is 0 Å². The molecule has 0 aliphatic heterocycles. The van der Waals surface area contributed by atoms with E-state index < -0.39 is 17.8 Å². The van der Waals surface area contributed by atoms with Crippen LogP contribution in [0.5, 0.6) is 0 Å². The second-order valence-corrected chi connectivity index (χ2v) is 5.36. The summed E-state index contributed by atoms with van der Waals surface area (Å²) in [6.07, 6.45) is -4.45. The third kappa shape index (κ3) is 3.48. The van der Waals surface area contributed by atoms with Crippen LogP contribution in [-0.2, 0) is 13.2 Å². The van der Waals surface area contributed by atoms with Crippen molar-refractivity contribution >= 4 is 11.8 Å². The molecule has 1 unspecified atom stereocenters. The van der Waals surface area contributed by atoms with Gasteiger partial charge in [-0.05, 0) is 11.6 Å². The molecule has 0 aliphatic rings. The number of thioether (sulfide) groups is 1. The van der Waals surface area contributed by atoms with Gasteiger partial charge in [0, 0.05) is 18.8 Å². The maximum atomic E-state index is 12.9. The van der Waals surface area contributed by atoms with Gasteiger partial charge in [0.15, 0.2) is 5.16 Å². The maximum absolute atomic E-state index is 12.9. The second-order valence-electron chi connectivity index (χ2n) is 4.37. The summed E-state index contributed by atoms with van der Waals surface area (Å²) >= 11 is 1.12. The lowest BCUT2D eigenvalue weighted by atomic mass is 10.0. The van der Waals surface area contributed by atoms with Gasteiger partial charge in [-0.3, -0.25) is 4.57 Å². The lowest BCUT2D eigenvalue weighted by Gasteiger charge is -2.17. The predicted molar refractivity (Wildman–Crippen MR) is 72.9 cm³/mol. The van der Waals surface area contributed by atoms with Gasteiger partial charge in [-0.25, -0.2) is 9.89 Å². The molecule has 0 saturated carbocycles. The molecule has 0 saturated heterocycles. The molecule has 2 aromatic rings. The van der Waals surface area contributed by atoms with Crippen molar-refractivity contribution in [2.24, 2.45) is 12.8 Å². The molecule has 0 spiro atoms. The molecule has 3 N–H and O–H groups in total. The fraction of sp³-hybridized carbons (Fsp3) is 0.333. The van der Waals surface area contributed by atoms with Crippen molar-refractivity contribution in [1.29, 1.82) is 0 Å². The van der Waals surface area contributed by atoms with Gasteiger partial charge in [-0.15, -0.1) is 5.10 Å². The van der Waals surface area contributed by atoms with Crippen LogP contribution in [0, 0.1) is 0 Å². The summed E-state index contributed by atoms with van der Waals surface area (Å²) in [5, 5.41) is 6.39. The van der Waals surface area contributed by atoms with Crippen molar-refractivity contribution in [1.82, 2.24) is 14.8 Å². The monoisotopic (exact) mass is 318 g/mol. The van der Waals surface area contributed by atoms with Gasteiger partial charge in [0.05, 0.1) is 5.56 Å². The first-order valence-electron chi connectivity index (χ1n) is 5.96. The highest BCUT2D eigenvalue weighted by Crippen LogP contribution is 2.35. The van der Waals surface area contributed by atoms with Crippen LogP contribution in [0.3, 0.4) is 0 Å². The Bertz CT molecular complexity index is 680. The van der Waals surface area contributed by atoms with Crippen LogP contribution < -0.4 is 11.4 Å². The Morgan fingerprint density at radius 2 is 2.10 bits per heavy atom. The zero-order chi connectivity index (χ0) is 15.6. The Balaban J connectivity index is 2.16. The minimum atomic E-state index is -4.45. The molecule has 5 nitrogen and oxygen atoms in total. The van der Waals surface area contributed by atoms with Gasteiger partial charge in [0.25, 0.3) is 0 Å². The van der Waals surface area contributed by atoms with E-state index in [1.165, 1.54) is 29.8 Å². The van der Waals surface area contributed by atoms with Crippen LogP contribution in [0.4, 0.5) is 13.2 Å². The molecule has 0 radical (unpaired) electrons. The fourth-order valence-electron chi connectivity index (χ4n) is 1.79. The normalized spacial score (nSPS) is 13.4. The number of hydrogen-bond acceptors (Lipinski definition) is 4. The van der Waals surface area contributed by atoms with E-state index in [9.17, 15) is 18.0 Å². The number of alkyl halides is 3. The van der Waals surface area contributed by atoms with Crippen LogP contribution in [0.15, 0.2) is 34.2 Å². The maximum Gasteiger partial charge on any atom is 0.416 e. The van der Waals surface area contributed by atoms with E-state index in [-0.39, 0.29) is 17.0 Å². The summed E-state index contributed by atoms with van der Waals surface area (Å²) in [6.45, 7) is 0. The smallest absolute Gasteiger partial charge is 0.323 e. The van der Waals surface area contributed by atoms with Gasteiger partial charge in [0.1, 0.15) is 0 Å². The topological polar surface area (TPSA) is 76.7 Å². The lowest BCUT2D eigenvalue weighted by molar-refractivity contribution is -0.138. The number of nitrogens with two attached hydrogens (primary N) is 1. The zero-order valence-electron chi connectivity index (χ0n) is 11.0. The van der Waals surface area contributed by atoms with Crippen molar-refractivity contribution in [2.45, 2.75) is 17.4 Å². The zero-order valence-corrected chi connectivity index (χ0v) is 11.8. The van der Waals surface area contributed by atoms with Crippen molar-refractivity contribution in [2.75, 3.05) is 5.75 Å². The number of aromatic nitrogens is 3. The van der Waals surface area contributed by atoms with Crippen molar-refractivity contribution in [3.63, 3.8) is 0 Å². The largest absolute Gasteiger partial charge is 0.416 e. The van der Waals surface area contributed by atoms with Crippen molar-refractivity contribution in [3.8, 4) is 0 Å². The van der Waals surface area contributed by atoms with Gasteiger partial charge in [0.2, 0.25) is 0 Å². The van der Waals surface area contributed by atoms with Crippen LogP contribution in [0.25, 0.3) is 0 Å². The van der Waals surface area contributed by atoms with Crippen LogP contribution in [0.2, 0.25) is 0 Å². The van der Waals surface area contributed by atoms with Gasteiger partial charge in [-0.1, -0.05) is 30.0 Å². The van der Waals surface area contributed by atoms with Crippen LogP contribution in [0.1, 0.15) is 17.2 Å². The van der Waals surface area contributed by atoms with Gasteiger partial charge < -0.3 is 5.73 Å². The number of nitrogens with zero attached hydrogens (tertiary/aromatic N) is 2. The number of hydrogen-bond donors (Lipinski definition) is 2. The fourth-order valence-corrected chi connectivity index (χ4v) is 2.69. The molecule has 114 valence electrons. The number of rotatable bonds is 4. The third-order valence-corrected chi connectivity index (χ3v) is 4.05. The predicted octanol–water partition coefficient (Wildman–Crippen LogP) is 1.92. The number of halogens is 3. The second kappa shape index (κ2) is 5.94. The van der Waals surface area contributed by atoms with E-state index in [1.807, 2.05) is 0 Å². The Labute approximate surface area is 122 Å². The first kappa shape index (κ1) is 15.6. The summed E-state index contributed by atoms with van der Waals surface area (Å²) in [5.41, 5.74) is 4.75. The molecule has 0 fully saturated rings. The molecule has 1 aromatic carbocycles. The Morgan fingerprint density at radius 1 is 1.43 bits per heavy atom. The van der Waals surface area contributed by atoms with E-state index in [0.717, 1.165) is 17.8 Å². The van der Waals surface area contributed by atoms with E-state index in [2.05, 4.69) is 10.2 Å². The third-order valence-electron chi connectivity index (χ3n) is 2.90. The lowest BCUT2D eigenvalue weighted by Crippen LogP contribution is -2.19. The summed E-state index contributed by atoms with van der Waals surface area (Å²) in [7, 11) is 1.52.